The van der Waals surface area contributed by atoms with Crippen molar-refractivity contribution in [3.8, 4) is 5.75 Å². The SMILES string of the molecule is CC1CCC(Oc2ccc(/C(N)=N/O)cc2)OC1. The summed E-state index contributed by atoms with van der Waals surface area (Å²) in [5.74, 6) is 1.42. The van der Waals surface area contributed by atoms with Crippen LogP contribution in [-0.4, -0.2) is 23.9 Å². The zero-order valence-electron chi connectivity index (χ0n) is 10.4. The van der Waals surface area contributed by atoms with E-state index in [0.717, 1.165) is 25.2 Å². The van der Waals surface area contributed by atoms with Crippen LogP contribution in [0.15, 0.2) is 29.4 Å². The van der Waals surface area contributed by atoms with E-state index >= 15 is 0 Å². The smallest absolute Gasteiger partial charge is 0.199 e. The van der Waals surface area contributed by atoms with Crippen LogP contribution in [0.25, 0.3) is 0 Å². The van der Waals surface area contributed by atoms with Gasteiger partial charge in [-0.25, -0.2) is 0 Å². The first kappa shape index (κ1) is 12.7. The third kappa shape index (κ3) is 3.13. The largest absolute Gasteiger partial charge is 0.465 e. The molecule has 0 spiro atoms. The summed E-state index contributed by atoms with van der Waals surface area (Å²) < 4.78 is 11.3. The molecule has 0 aliphatic carbocycles. The maximum absolute atomic E-state index is 8.56. The minimum Gasteiger partial charge on any atom is -0.465 e. The van der Waals surface area contributed by atoms with Crippen LogP contribution in [0, 0.1) is 5.92 Å². The van der Waals surface area contributed by atoms with Gasteiger partial charge in [0, 0.05) is 12.0 Å². The van der Waals surface area contributed by atoms with Crippen molar-refractivity contribution in [1.29, 1.82) is 0 Å². The Bertz CT molecular complexity index is 409. The van der Waals surface area contributed by atoms with Gasteiger partial charge >= 0.3 is 0 Å². The predicted molar refractivity (Wildman–Crippen MR) is 67.7 cm³/mol. The van der Waals surface area contributed by atoms with Gasteiger partial charge in [-0.3, -0.25) is 0 Å². The molecule has 2 rings (SSSR count). The Kier molecular flexibility index (Phi) is 4.04. The number of hydrogen-bond donors (Lipinski definition) is 2. The van der Waals surface area contributed by atoms with Crippen molar-refractivity contribution < 1.29 is 14.7 Å². The predicted octanol–water partition coefficient (Wildman–Crippen LogP) is 1.93. The Morgan fingerprint density at radius 3 is 2.67 bits per heavy atom. The molecule has 0 amide bonds. The van der Waals surface area contributed by atoms with E-state index in [1.807, 2.05) is 0 Å². The average molecular weight is 250 g/mol. The zero-order chi connectivity index (χ0) is 13.0. The van der Waals surface area contributed by atoms with Crippen molar-refractivity contribution in [2.75, 3.05) is 6.61 Å². The first-order chi connectivity index (χ1) is 8.69. The van der Waals surface area contributed by atoms with Crippen LogP contribution in [0.4, 0.5) is 0 Å². The molecule has 1 aliphatic heterocycles. The van der Waals surface area contributed by atoms with Gasteiger partial charge in [0.05, 0.1) is 6.61 Å². The molecule has 0 bridgehead atoms. The first-order valence-electron chi connectivity index (χ1n) is 6.05. The molecule has 98 valence electrons. The minimum atomic E-state index is -0.170. The highest BCUT2D eigenvalue weighted by atomic mass is 16.7. The van der Waals surface area contributed by atoms with Crippen molar-refractivity contribution in [2.45, 2.75) is 26.1 Å². The monoisotopic (exact) mass is 250 g/mol. The lowest BCUT2D eigenvalue weighted by Crippen LogP contribution is -2.29. The number of ether oxygens (including phenoxy) is 2. The van der Waals surface area contributed by atoms with E-state index in [1.54, 1.807) is 24.3 Å². The summed E-state index contributed by atoms with van der Waals surface area (Å²) in [4.78, 5) is 0. The van der Waals surface area contributed by atoms with E-state index < -0.39 is 0 Å². The van der Waals surface area contributed by atoms with Gasteiger partial charge in [0.15, 0.2) is 12.1 Å². The van der Waals surface area contributed by atoms with Gasteiger partial charge in [-0.15, -0.1) is 0 Å². The summed E-state index contributed by atoms with van der Waals surface area (Å²) in [6.07, 6.45) is 1.85. The van der Waals surface area contributed by atoms with Gasteiger partial charge in [-0.2, -0.15) is 0 Å². The summed E-state index contributed by atoms with van der Waals surface area (Å²) in [5.41, 5.74) is 6.13. The lowest BCUT2D eigenvalue weighted by molar-refractivity contribution is -0.121. The highest BCUT2D eigenvalue weighted by molar-refractivity contribution is 5.97. The van der Waals surface area contributed by atoms with Crippen LogP contribution in [-0.2, 0) is 4.74 Å². The number of oxime groups is 1. The first-order valence-corrected chi connectivity index (χ1v) is 6.05. The van der Waals surface area contributed by atoms with E-state index in [9.17, 15) is 0 Å². The average Bonchev–Trinajstić information content (AvgIpc) is 2.41. The number of hydrogen-bond acceptors (Lipinski definition) is 4. The Balaban J connectivity index is 1.94. The van der Waals surface area contributed by atoms with Crippen LogP contribution in [0.3, 0.4) is 0 Å². The highest BCUT2D eigenvalue weighted by Gasteiger charge is 2.19. The fraction of sp³-hybridized carbons (Fsp3) is 0.462. The lowest BCUT2D eigenvalue weighted by atomic mass is 10.0. The molecule has 5 nitrogen and oxygen atoms in total. The molecule has 3 N–H and O–H groups in total. The summed E-state index contributed by atoms with van der Waals surface area (Å²) >= 11 is 0. The molecular formula is C13H18N2O3. The molecule has 2 unspecified atom stereocenters. The van der Waals surface area contributed by atoms with E-state index in [1.165, 1.54) is 0 Å². The summed E-state index contributed by atoms with van der Waals surface area (Å²) in [6, 6.07) is 7.06. The second kappa shape index (κ2) is 5.73. The van der Waals surface area contributed by atoms with E-state index in [4.69, 9.17) is 20.4 Å². The van der Waals surface area contributed by atoms with Crippen LogP contribution < -0.4 is 10.5 Å². The van der Waals surface area contributed by atoms with Gasteiger partial charge in [-0.05, 0) is 36.6 Å². The Labute approximate surface area is 106 Å². The maximum Gasteiger partial charge on any atom is 0.199 e. The summed E-state index contributed by atoms with van der Waals surface area (Å²) in [7, 11) is 0. The molecule has 5 heteroatoms. The number of nitrogens with zero attached hydrogens (tertiary/aromatic N) is 1. The van der Waals surface area contributed by atoms with Crippen molar-refractivity contribution >= 4 is 5.84 Å². The van der Waals surface area contributed by atoms with Gasteiger partial charge in [0.2, 0.25) is 0 Å². The molecule has 1 saturated heterocycles. The second-order valence-corrected chi connectivity index (χ2v) is 4.57. The molecule has 1 heterocycles. The highest BCUT2D eigenvalue weighted by Crippen LogP contribution is 2.22. The molecule has 2 atom stereocenters. The molecular weight excluding hydrogens is 232 g/mol. The third-order valence-corrected chi connectivity index (χ3v) is 2.99. The van der Waals surface area contributed by atoms with Crippen LogP contribution in [0.1, 0.15) is 25.3 Å². The minimum absolute atomic E-state index is 0.0873. The van der Waals surface area contributed by atoms with E-state index in [-0.39, 0.29) is 12.1 Å². The van der Waals surface area contributed by atoms with Crippen LogP contribution in [0.2, 0.25) is 0 Å². The Morgan fingerprint density at radius 1 is 1.39 bits per heavy atom. The molecule has 1 fully saturated rings. The van der Waals surface area contributed by atoms with Crippen molar-refractivity contribution in [3.05, 3.63) is 29.8 Å². The molecule has 0 aromatic heterocycles. The van der Waals surface area contributed by atoms with Crippen molar-refractivity contribution in [2.24, 2.45) is 16.8 Å². The third-order valence-electron chi connectivity index (χ3n) is 2.99. The zero-order valence-corrected chi connectivity index (χ0v) is 10.4. The Morgan fingerprint density at radius 2 is 2.11 bits per heavy atom. The topological polar surface area (TPSA) is 77.1 Å². The maximum atomic E-state index is 8.56. The molecule has 1 aromatic rings. The van der Waals surface area contributed by atoms with Gasteiger partial charge in [0.25, 0.3) is 0 Å². The van der Waals surface area contributed by atoms with Gasteiger partial charge in [-0.1, -0.05) is 12.1 Å². The van der Waals surface area contributed by atoms with Gasteiger partial charge in [0.1, 0.15) is 5.75 Å². The molecule has 1 aliphatic rings. The molecule has 0 radical (unpaired) electrons. The van der Waals surface area contributed by atoms with Crippen molar-refractivity contribution in [3.63, 3.8) is 0 Å². The van der Waals surface area contributed by atoms with E-state index in [0.29, 0.717) is 11.5 Å². The standard InChI is InChI=1S/C13H18N2O3/c1-9-2-7-12(17-8-9)18-11-5-3-10(4-6-11)13(14)15-16/h3-6,9,12,16H,2,7-8H2,1H3,(H2,14,15). The number of nitrogens with two attached hydrogens (primary N) is 1. The fourth-order valence-electron chi connectivity index (χ4n) is 1.87. The quantitative estimate of drug-likeness (QED) is 0.372. The molecule has 0 saturated carbocycles. The molecule has 1 aromatic carbocycles. The number of rotatable bonds is 3. The van der Waals surface area contributed by atoms with E-state index in [2.05, 4.69) is 12.1 Å². The summed E-state index contributed by atoms with van der Waals surface area (Å²) in [6.45, 7) is 2.91. The molecule has 18 heavy (non-hydrogen) atoms. The fourth-order valence-corrected chi connectivity index (χ4v) is 1.87. The number of amidine groups is 1. The van der Waals surface area contributed by atoms with Crippen molar-refractivity contribution in [1.82, 2.24) is 0 Å². The van der Waals surface area contributed by atoms with Crippen LogP contribution >= 0.6 is 0 Å². The number of benzene rings is 1. The summed E-state index contributed by atoms with van der Waals surface area (Å²) in [5, 5.41) is 11.5. The second-order valence-electron chi connectivity index (χ2n) is 4.57. The lowest BCUT2D eigenvalue weighted by Gasteiger charge is -2.27. The van der Waals surface area contributed by atoms with Crippen LogP contribution in [0.5, 0.6) is 5.75 Å². The normalized spacial score (nSPS) is 24.8. The Hall–Kier alpha value is -1.75. The van der Waals surface area contributed by atoms with Gasteiger partial charge < -0.3 is 20.4 Å².